The smallest absolute Gasteiger partial charge is 0.326 e. The van der Waals surface area contributed by atoms with Gasteiger partial charge in [-0.25, -0.2) is 4.79 Å². The van der Waals surface area contributed by atoms with Crippen LogP contribution in [0.5, 0.6) is 0 Å². The summed E-state index contributed by atoms with van der Waals surface area (Å²) in [5, 5.41) is 23.6. The quantitative estimate of drug-likeness (QED) is 0.139. The second-order valence-corrected chi connectivity index (χ2v) is 7.39. The number of carbonyl (C=O) groups excluding carboxylic acids is 4. The molecule has 4 amide bonds. The topological polar surface area (TPSA) is 231 Å². The number of primary amides is 1. The minimum Gasteiger partial charge on any atom is -0.480 e. The molecule has 31 heavy (non-hydrogen) atoms. The van der Waals surface area contributed by atoms with Crippen molar-refractivity contribution in [2.24, 2.45) is 17.2 Å². The van der Waals surface area contributed by atoms with Gasteiger partial charge in [0.25, 0.3) is 0 Å². The van der Waals surface area contributed by atoms with Gasteiger partial charge in [0.1, 0.15) is 18.1 Å². The summed E-state index contributed by atoms with van der Waals surface area (Å²) in [6.45, 7) is -0.153. The first kappa shape index (κ1) is 26.3. The average Bonchev–Trinajstić information content (AvgIpc) is 3.19. The molecule has 0 aromatic rings. The van der Waals surface area contributed by atoms with Crippen molar-refractivity contribution in [2.45, 2.75) is 62.7 Å². The molecule has 1 aliphatic heterocycles. The van der Waals surface area contributed by atoms with E-state index in [1.54, 1.807) is 0 Å². The Morgan fingerprint density at radius 2 is 1.77 bits per heavy atom. The molecule has 10 N–H and O–H groups in total. The van der Waals surface area contributed by atoms with E-state index < -0.39 is 66.8 Å². The normalized spacial score (nSPS) is 18.7. The SMILES string of the molecule is NCCCCC(NC(=O)C1CCCN1C(=O)C(CO)NC(=O)C(N)CC(N)=O)C(=O)O. The zero-order chi connectivity index (χ0) is 23.6. The average molecular weight is 444 g/mol. The number of carboxylic acid groups (broad SMARTS) is 1. The maximum atomic E-state index is 12.8. The Hall–Kier alpha value is -2.77. The maximum absolute atomic E-state index is 12.8. The van der Waals surface area contributed by atoms with E-state index in [2.05, 4.69) is 10.6 Å². The van der Waals surface area contributed by atoms with E-state index in [0.717, 1.165) is 0 Å². The van der Waals surface area contributed by atoms with Gasteiger partial charge in [-0.1, -0.05) is 0 Å². The highest BCUT2D eigenvalue weighted by Gasteiger charge is 2.39. The van der Waals surface area contributed by atoms with Crippen LogP contribution in [-0.4, -0.2) is 88.6 Å². The zero-order valence-corrected chi connectivity index (χ0v) is 17.3. The van der Waals surface area contributed by atoms with E-state index in [1.165, 1.54) is 4.90 Å². The predicted molar refractivity (Wildman–Crippen MR) is 108 cm³/mol. The predicted octanol–water partition coefficient (Wildman–Crippen LogP) is -3.64. The molecule has 0 aromatic carbocycles. The van der Waals surface area contributed by atoms with E-state index >= 15 is 0 Å². The first-order valence-electron chi connectivity index (χ1n) is 10.1. The minimum absolute atomic E-state index is 0.196. The molecule has 13 nitrogen and oxygen atoms in total. The highest BCUT2D eigenvalue weighted by atomic mass is 16.4. The Morgan fingerprint density at radius 3 is 2.32 bits per heavy atom. The van der Waals surface area contributed by atoms with E-state index in [9.17, 15) is 34.2 Å². The van der Waals surface area contributed by atoms with Gasteiger partial charge in [0, 0.05) is 6.54 Å². The molecule has 0 aromatic heterocycles. The number of hydrogen-bond acceptors (Lipinski definition) is 8. The van der Waals surface area contributed by atoms with E-state index in [0.29, 0.717) is 32.2 Å². The number of hydrogen-bond donors (Lipinski definition) is 7. The van der Waals surface area contributed by atoms with Crippen molar-refractivity contribution in [2.75, 3.05) is 19.7 Å². The first-order valence-corrected chi connectivity index (χ1v) is 10.1. The molecule has 0 radical (unpaired) electrons. The number of nitrogens with two attached hydrogens (primary N) is 3. The number of amides is 4. The molecule has 13 heteroatoms. The Bertz CT molecular complexity index is 674. The third kappa shape index (κ3) is 8.11. The summed E-state index contributed by atoms with van der Waals surface area (Å²) in [4.78, 5) is 61.0. The molecule has 1 aliphatic rings. The molecule has 1 saturated heterocycles. The minimum atomic E-state index is -1.38. The Labute approximate surface area is 179 Å². The molecule has 1 heterocycles. The Balaban J connectivity index is 2.79. The standard InChI is InChI=1S/C18H32N6O7/c19-6-2-1-4-11(18(30)31)22-16(28)13-5-3-7-24(13)17(29)12(9-25)23-15(27)10(20)8-14(21)26/h10-13,25H,1-9,19-20H2,(H2,21,26)(H,22,28)(H,23,27)(H,30,31). The number of rotatable bonds is 13. The van der Waals surface area contributed by atoms with Gasteiger partial charge in [0.15, 0.2) is 0 Å². The molecule has 176 valence electrons. The van der Waals surface area contributed by atoms with Crippen LogP contribution in [0.1, 0.15) is 38.5 Å². The monoisotopic (exact) mass is 444 g/mol. The lowest BCUT2D eigenvalue weighted by molar-refractivity contribution is -0.145. The highest BCUT2D eigenvalue weighted by molar-refractivity contribution is 5.95. The van der Waals surface area contributed by atoms with Crippen LogP contribution in [-0.2, 0) is 24.0 Å². The summed E-state index contributed by atoms with van der Waals surface area (Å²) in [5.41, 5.74) is 15.9. The van der Waals surface area contributed by atoms with Gasteiger partial charge < -0.3 is 42.9 Å². The number of carboxylic acids is 1. The summed E-state index contributed by atoms with van der Waals surface area (Å²) in [5.74, 6) is -4.18. The van der Waals surface area contributed by atoms with Gasteiger partial charge in [0.2, 0.25) is 23.6 Å². The van der Waals surface area contributed by atoms with Gasteiger partial charge in [0.05, 0.1) is 19.1 Å². The van der Waals surface area contributed by atoms with Gasteiger partial charge in [-0.3, -0.25) is 19.2 Å². The molecule has 0 bridgehead atoms. The maximum Gasteiger partial charge on any atom is 0.326 e. The molecule has 0 aliphatic carbocycles. The lowest BCUT2D eigenvalue weighted by atomic mass is 10.1. The van der Waals surface area contributed by atoms with Crippen molar-refractivity contribution in [3.8, 4) is 0 Å². The Kier molecular flexibility index (Phi) is 10.9. The Morgan fingerprint density at radius 1 is 1.10 bits per heavy atom. The molecule has 1 fully saturated rings. The first-order chi connectivity index (χ1) is 14.6. The number of aliphatic hydroxyl groups is 1. The van der Waals surface area contributed by atoms with Crippen LogP contribution < -0.4 is 27.8 Å². The fraction of sp³-hybridized carbons (Fsp3) is 0.722. The fourth-order valence-corrected chi connectivity index (χ4v) is 3.30. The summed E-state index contributed by atoms with van der Waals surface area (Å²) in [6.07, 6.45) is 1.69. The highest BCUT2D eigenvalue weighted by Crippen LogP contribution is 2.19. The lowest BCUT2D eigenvalue weighted by Gasteiger charge is -2.29. The van der Waals surface area contributed by atoms with Crippen LogP contribution in [0.15, 0.2) is 0 Å². The van der Waals surface area contributed by atoms with E-state index in [4.69, 9.17) is 17.2 Å². The number of nitrogens with zero attached hydrogens (tertiary/aromatic N) is 1. The number of aliphatic carboxylic acids is 1. The number of aliphatic hydroxyl groups excluding tert-OH is 1. The van der Waals surface area contributed by atoms with Crippen LogP contribution >= 0.6 is 0 Å². The molecular formula is C18H32N6O7. The molecule has 4 unspecified atom stereocenters. The number of unbranched alkanes of at least 4 members (excludes halogenated alkanes) is 1. The molecule has 4 atom stereocenters. The van der Waals surface area contributed by atoms with Gasteiger partial charge in [-0.2, -0.15) is 0 Å². The molecule has 1 rings (SSSR count). The van der Waals surface area contributed by atoms with Crippen molar-refractivity contribution >= 4 is 29.6 Å². The van der Waals surface area contributed by atoms with Crippen molar-refractivity contribution in [3.05, 3.63) is 0 Å². The van der Waals surface area contributed by atoms with Crippen LogP contribution in [0.2, 0.25) is 0 Å². The third-order valence-corrected chi connectivity index (χ3v) is 4.96. The van der Waals surface area contributed by atoms with Crippen molar-refractivity contribution in [3.63, 3.8) is 0 Å². The van der Waals surface area contributed by atoms with Crippen LogP contribution in [0.25, 0.3) is 0 Å². The molecular weight excluding hydrogens is 412 g/mol. The second kappa shape index (κ2) is 12.8. The van der Waals surface area contributed by atoms with Crippen molar-refractivity contribution in [1.82, 2.24) is 15.5 Å². The zero-order valence-electron chi connectivity index (χ0n) is 17.3. The third-order valence-electron chi connectivity index (χ3n) is 4.96. The lowest BCUT2D eigenvalue weighted by Crippen LogP contribution is -2.58. The van der Waals surface area contributed by atoms with E-state index in [1.807, 2.05) is 0 Å². The fourth-order valence-electron chi connectivity index (χ4n) is 3.30. The summed E-state index contributed by atoms with van der Waals surface area (Å²) < 4.78 is 0. The van der Waals surface area contributed by atoms with Crippen molar-refractivity contribution in [1.29, 1.82) is 0 Å². The largest absolute Gasteiger partial charge is 0.480 e. The second-order valence-electron chi connectivity index (χ2n) is 7.39. The molecule has 0 saturated carbocycles. The van der Waals surface area contributed by atoms with Crippen LogP contribution in [0.4, 0.5) is 0 Å². The molecule has 0 spiro atoms. The van der Waals surface area contributed by atoms with Crippen LogP contribution in [0.3, 0.4) is 0 Å². The summed E-state index contributed by atoms with van der Waals surface area (Å²) >= 11 is 0. The summed E-state index contributed by atoms with van der Waals surface area (Å²) in [7, 11) is 0. The van der Waals surface area contributed by atoms with Gasteiger partial charge in [-0.15, -0.1) is 0 Å². The number of nitrogens with one attached hydrogen (secondary N) is 2. The number of carbonyl (C=O) groups is 5. The summed E-state index contributed by atoms with van der Waals surface area (Å²) in [6, 6.07) is -4.72. The van der Waals surface area contributed by atoms with E-state index in [-0.39, 0.29) is 13.0 Å². The van der Waals surface area contributed by atoms with Gasteiger partial charge >= 0.3 is 5.97 Å². The van der Waals surface area contributed by atoms with Crippen molar-refractivity contribution < 1.29 is 34.2 Å². The number of likely N-dealkylation sites (tertiary alicyclic amines) is 1. The van der Waals surface area contributed by atoms with Crippen LogP contribution in [0, 0.1) is 0 Å². The van der Waals surface area contributed by atoms with Gasteiger partial charge in [-0.05, 0) is 38.6 Å².